The summed E-state index contributed by atoms with van der Waals surface area (Å²) in [7, 11) is -3.79. The summed E-state index contributed by atoms with van der Waals surface area (Å²) in [6, 6.07) is 3.42. The molecule has 0 saturated carbocycles. The molecular formula is C13H19Cl2N3O5S. The topological polar surface area (TPSA) is 102 Å². The first kappa shape index (κ1) is 21.1. The van der Waals surface area contributed by atoms with Crippen LogP contribution in [-0.4, -0.2) is 57.6 Å². The summed E-state index contributed by atoms with van der Waals surface area (Å²) in [6.45, 7) is 4.11. The second kappa shape index (κ2) is 9.50. The van der Waals surface area contributed by atoms with Gasteiger partial charge in [0.2, 0.25) is 10.0 Å². The fourth-order valence-corrected chi connectivity index (χ4v) is 3.50. The van der Waals surface area contributed by atoms with E-state index in [1.54, 1.807) is 0 Å². The fourth-order valence-electron chi connectivity index (χ4n) is 2.22. The number of nitrogens with zero attached hydrogens (tertiary/aromatic N) is 2. The number of nitro benzene ring substituents is 1. The summed E-state index contributed by atoms with van der Waals surface area (Å²) in [5.74, 6) is 0. The predicted octanol–water partition coefficient (Wildman–Crippen LogP) is 1.67. The van der Waals surface area contributed by atoms with Crippen LogP contribution in [0.4, 0.5) is 5.69 Å². The minimum absolute atomic E-state index is 0. The highest BCUT2D eigenvalue weighted by molar-refractivity contribution is 7.89. The molecule has 0 bridgehead atoms. The second-order valence-corrected chi connectivity index (χ2v) is 7.25. The lowest BCUT2D eigenvalue weighted by molar-refractivity contribution is -0.384. The number of halogens is 2. The lowest BCUT2D eigenvalue weighted by Gasteiger charge is -2.26. The molecule has 0 spiro atoms. The molecule has 11 heteroatoms. The molecule has 1 heterocycles. The highest BCUT2D eigenvalue weighted by Crippen LogP contribution is 2.26. The highest BCUT2D eigenvalue weighted by atomic mass is 35.5. The minimum atomic E-state index is -3.79. The van der Waals surface area contributed by atoms with Crippen molar-refractivity contribution in [2.45, 2.75) is 11.3 Å². The SMILES string of the molecule is Cl.O=[N+]([O-])c1cc(S(=O)(=O)NCCCN2CCOCC2)ccc1Cl. The van der Waals surface area contributed by atoms with Gasteiger partial charge in [-0.25, -0.2) is 13.1 Å². The van der Waals surface area contributed by atoms with Crippen molar-refractivity contribution in [1.82, 2.24) is 9.62 Å². The Morgan fingerprint density at radius 1 is 1.33 bits per heavy atom. The smallest absolute Gasteiger partial charge is 0.289 e. The third kappa shape index (κ3) is 5.83. The molecule has 0 aromatic heterocycles. The molecule has 1 aromatic carbocycles. The Labute approximate surface area is 151 Å². The van der Waals surface area contributed by atoms with E-state index in [9.17, 15) is 18.5 Å². The molecule has 1 saturated heterocycles. The first-order chi connectivity index (χ1) is 10.9. The van der Waals surface area contributed by atoms with Crippen LogP contribution in [0.25, 0.3) is 0 Å². The van der Waals surface area contributed by atoms with Crippen LogP contribution in [0.1, 0.15) is 6.42 Å². The summed E-state index contributed by atoms with van der Waals surface area (Å²) in [6.07, 6.45) is 0.648. The number of nitro groups is 1. The lowest BCUT2D eigenvalue weighted by atomic mass is 10.3. The van der Waals surface area contributed by atoms with E-state index in [2.05, 4.69) is 9.62 Å². The third-order valence-corrected chi connectivity index (χ3v) is 5.25. The molecule has 0 amide bonds. The van der Waals surface area contributed by atoms with Gasteiger partial charge in [-0.1, -0.05) is 11.6 Å². The van der Waals surface area contributed by atoms with Crippen LogP contribution in [0, 0.1) is 10.1 Å². The van der Waals surface area contributed by atoms with E-state index < -0.39 is 20.6 Å². The van der Waals surface area contributed by atoms with Gasteiger partial charge in [-0.05, 0) is 25.1 Å². The van der Waals surface area contributed by atoms with E-state index in [1.165, 1.54) is 12.1 Å². The van der Waals surface area contributed by atoms with Gasteiger partial charge in [-0.3, -0.25) is 15.0 Å². The molecule has 1 aliphatic rings. The Morgan fingerprint density at radius 3 is 2.62 bits per heavy atom. The molecule has 136 valence electrons. The van der Waals surface area contributed by atoms with Crippen molar-refractivity contribution in [2.24, 2.45) is 0 Å². The quantitative estimate of drug-likeness (QED) is 0.425. The monoisotopic (exact) mass is 399 g/mol. The van der Waals surface area contributed by atoms with Crippen molar-refractivity contribution in [2.75, 3.05) is 39.4 Å². The van der Waals surface area contributed by atoms with Crippen molar-refractivity contribution < 1.29 is 18.1 Å². The molecule has 8 nitrogen and oxygen atoms in total. The first-order valence-electron chi connectivity index (χ1n) is 7.14. The molecule has 2 rings (SSSR count). The zero-order valence-electron chi connectivity index (χ0n) is 12.8. The molecule has 0 aliphatic carbocycles. The van der Waals surface area contributed by atoms with E-state index in [-0.39, 0.29) is 28.9 Å². The molecule has 0 radical (unpaired) electrons. The molecule has 1 aliphatic heterocycles. The van der Waals surface area contributed by atoms with Crippen LogP contribution in [0.3, 0.4) is 0 Å². The number of morpholine rings is 1. The normalized spacial score (nSPS) is 15.7. The predicted molar refractivity (Wildman–Crippen MR) is 92.4 cm³/mol. The molecular weight excluding hydrogens is 381 g/mol. The lowest BCUT2D eigenvalue weighted by Crippen LogP contribution is -2.38. The van der Waals surface area contributed by atoms with Crippen LogP contribution < -0.4 is 4.72 Å². The van der Waals surface area contributed by atoms with E-state index >= 15 is 0 Å². The zero-order chi connectivity index (χ0) is 16.9. The largest absolute Gasteiger partial charge is 0.379 e. The summed E-state index contributed by atoms with van der Waals surface area (Å²) in [5, 5.41) is 10.7. The van der Waals surface area contributed by atoms with E-state index in [1.807, 2.05) is 0 Å². The van der Waals surface area contributed by atoms with Crippen molar-refractivity contribution in [3.8, 4) is 0 Å². The summed E-state index contributed by atoms with van der Waals surface area (Å²) < 4.78 is 32.0. The number of hydrogen-bond acceptors (Lipinski definition) is 6. The molecule has 24 heavy (non-hydrogen) atoms. The van der Waals surface area contributed by atoms with Gasteiger partial charge in [0.1, 0.15) is 5.02 Å². The van der Waals surface area contributed by atoms with Gasteiger partial charge in [-0.2, -0.15) is 0 Å². The Hall–Kier alpha value is -0.970. The maximum absolute atomic E-state index is 12.2. The zero-order valence-corrected chi connectivity index (χ0v) is 15.2. The number of hydrogen-bond donors (Lipinski definition) is 1. The highest BCUT2D eigenvalue weighted by Gasteiger charge is 2.20. The third-order valence-electron chi connectivity index (χ3n) is 3.47. The van der Waals surface area contributed by atoms with Crippen molar-refractivity contribution in [1.29, 1.82) is 0 Å². The number of ether oxygens (including phenoxy) is 1. The van der Waals surface area contributed by atoms with Crippen LogP contribution in [0.15, 0.2) is 23.1 Å². The van der Waals surface area contributed by atoms with Crippen LogP contribution >= 0.6 is 24.0 Å². The standard InChI is InChI=1S/C13H18ClN3O5S.ClH/c14-12-3-2-11(10-13(12)17(18)19)23(20,21)15-4-1-5-16-6-8-22-9-7-16;/h2-3,10,15H,1,4-9H2;1H. The Kier molecular flexibility index (Phi) is 8.34. The van der Waals surface area contributed by atoms with Gasteiger partial charge in [0.25, 0.3) is 5.69 Å². The number of benzene rings is 1. The Morgan fingerprint density at radius 2 is 2.00 bits per heavy atom. The number of sulfonamides is 1. The average molecular weight is 400 g/mol. The summed E-state index contributed by atoms with van der Waals surface area (Å²) in [4.78, 5) is 12.2. The summed E-state index contributed by atoms with van der Waals surface area (Å²) >= 11 is 5.68. The van der Waals surface area contributed by atoms with Crippen molar-refractivity contribution in [3.05, 3.63) is 33.3 Å². The van der Waals surface area contributed by atoms with Gasteiger partial charge >= 0.3 is 0 Å². The second-order valence-electron chi connectivity index (χ2n) is 5.08. The Balaban J connectivity index is 0.00000288. The van der Waals surface area contributed by atoms with Gasteiger partial charge in [0.15, 0.2) is 0 Å². The van der Waals surface area contributed by atoms with Crippen molar-refractivity contribution in [3.63, 3.8) is 0 Å². The van der Waals surface area contributed by atoms with Gasteiger partial charge < -0.3 is 4.74 Å². The summed E-state index contributed by atoms with van der Waals surface area (Å²) in [5.41, 5.74) is -0.428. The molecule has 1 fully saturated rings. The molecule has 0 atom stereocenters. The van der Waals surface area contributed by atoms with Gasteiger partial charge in [0.05, 0.1) is 23.0 Å². The maximum atomic E-state index is 12.2. The molecule has 0 unspecified atom stereocenters. The van der Waals surface area contributed by atoms with E-state index in [0.717, 1.165) is 25.7 Å². The number of rotatable bonds is 7. The first-order valence-corrected chi connectivity index (χ1v) is 9.00. The van der Waals surface area contributed by atoms with E-state index in [0.29, 0.717) is 19.6 Å². The minimum Gasteiger partial charge on any atom is -0.379 e. The van der Waals surface area contributed by atoms with Gasteiger partial charge in [-0.15, -0.1) is 12.4 Å². The van der Waals surface area contributed by atoms with E-state index in [4.69, 9.17) is 16.3 Å². The van der Waals surface area contributed by atoms with Gasteiger partial charge in [0, 0.05) is 25.7 Å². The molecule has 1 aromatic rings. The van der Waals surface area contributed by atoms with Crippen molar-refractivity contribution >= 4 is 39.7 Å². The molecule has 1 N–H and O–H groups in total. The number of nitrogens with one attached hydrogen (secondary N) is 1. The van der Waals surface area contributed by atoms with Crippen LogP contribution in [0.5, 0.6) is 0 Å². The Bertz CT molecular complexity index is 666. The van der Waals surface area contributed by atoms with Crippen LogP contribution in [-0.2, 0) is 14.8 Å². The van der Waals surface area contributed by atoms with Crippen LogP contribution in [0.2, 0.25) is 5.02 Å². The maximum Gasteiger partial charge on any atom is 0.289 e. The fraction of sp³-hybridized carbons (Fsp3) is 0.538. The average Bonchev–Trinajstić information content (AvgIpc) is 2.52.